The quantitative estimate of drug-likeness (QED) is 0.194. The van der Waals surface area contributed by atoms with E-state index in [0.717, 1.165) is 25.7 Å². The highest BCUT2D eigenvalue weighted by Crippen LogP contribution is 2.57. The fraction of sp³-hybridized carbons (Fsp3) is 0.979. The number of carboxylic acid groups (broad SMARTS) is 1. The summed E-state index contributed by atoms with van der Waals surface area (Å²) < 4.78 is 83.8. The molecule has 0 bridgehead atoms. The van der Waals surface area contributed by atoms with E-state index in [0.29, 0.717) is 19.3 Å². The molecule has 0 aromatic carbocycles. The van der Waals surface area contributed by atoms with E-state index in [1.165, 1.54) is 14.2 Å². The Morgan fingerprint density at radius 2 is 1.33 bits per heavy atom. The van der Waals surface area contributed by atoms with Crippen LogP contribution in [0.15, 0.2) is 0 Å². The molecule has 15 unspecified atom stereocenters. The van der Waals surface area contributed by atoms with Crippen molar-refractivity contribution in [3.05, 3.63) is 0 Å². The van der Waals surface area contributed by atoms with Crippen LogP contribution in [0.2, 0.25) is 0 Å². The fourth-order valence-corrected chi connectivity index (χ4v) is 13.3. The molecule has 7 aliphatic heterocycles. The molecular weight excluding hydrogens is 865 g/mol. The van der Waals surface area contributed by atoms with Gasteiger partial charge in [0.1, 0.15) is 11.2 Å². The third kappa shape index (κ3) is 8.95. The second-order valence-corrected chi connectivity index (χ2v) is 21.2. The Bertz CT molecular complexity index is 1660. The van der Waals surface area contributed by atoms with Crippen LogP contribution in [0.5, 0.6) is 0 Å². The minimum Gasteiger partial charge on any atom is -0.479 e. The van der Waals surface area contributed by atoms with Crippen LogP contribution in [0.4, 0.5) is 0 Å². The number of ether oxygens (including phenoxy) is 13. The molecule has 0 aromatic rings. The number of carbonyl (C=O) groups is 1. The molecule has 7 rings (SSSR count). The molecule has 7 saturated heterocycles. The van der Waals surface area contributed by atoms with Gasteiger partial charge in [-0.1, -0.05) is 34.6 Å². The Hall–Kier alpha value is -1.17. The predicted molar refractivity (Wildman–Crippen MR) is 234 cm³/mol. The Morgan fingerprint density at radius 3 is 1.94 bits per heavy atom. The molecule has 0 aliphatic carbocycles. The number of carboxylic acids is 1. The summed E-state index contributed by atoms with van der Waals surface area (Å²) in [7, 11) is 7.98. The van der Waals surface area contributed by atoms with Crippen molar-refractivity contribution in [3.8, 4) is 0 Å². The first kappa shape index (κ1) is 52.6. The van der Waals surface area contributed by atoms with Crippen molar-refractivity contribution in [1.82, 2.24) is 0 Å². The molecule has 25 atom stereocenters. The van der Waals surface area contributed by atoms with E-state index < -0.39 is 83.4 Å². The van der Waals surface area contributed by atoms with Gasteiger partial charge in [0.05, 0.1) is 79.4 Å². The highest BCUT2D eigenvalue weighted by molar-refractivity contribution is 5.73. The summed E-state index contributed by atoms with van der Waals surface area (Å²) in [5.74, 6) is -8.80. The monoisotopic (exact) mass is 947 g/mol. The van der Waals surface area contributed by atoms with Crippen LogP contribution in [-0.2, 0) is 66.4 Å². The third-order valence-electron chi connectivity index (χ3n) is 17.6. The number of rotatable bonds is 14. The summed E-state index contributed by atoms with van der Waals surface area (Å²) in [6, 6.07) is 0. The zero-order valence-corrected chi connectivity index (χ0v) is 41.7. The number of hydrogen-bond acceptors (Lipinski definition) is 17. The van der Waals surface area contributed by atoms with Gasteiger partial charge in [-0.25, -0.2) is 4.79 Å². The lowest BCUT2D eigenvalue weighted by molar-refractivity contribution is -0.389. The molecule has 0 saturated carbocycles. The molecule has 382 valence electrons. The van der Waals surface area contributed by atoms with E-state index in [4.69, 9.17) is 61.6 Å². The summed E-state index contributed by atoms with van der Waals surface area (Å²) >= 11 is 0. The van der Waals surface area contributed by atoms with Crippen LogP contribution in [0, 0.1) is 29.6 Å². The molecule has 66 heavy (non-hydrogen) atoms. The van der Waals surface area contributed by atoms with Crippen LogP contribution in [0.1, 0.15) is 114 Å². The second-order valence-electron chi connectivity index (χ2n) is 21.2. The standard InChI is InChI=1S/C48H82O18/c1-23-38(62-37-20-18-30(54-10)28(6)59-37)25(3)46(9,52)65-39(23)33-16-15-31(60-33)32-17-19-35(61-32)45(8)42(57-13)27(5)48(66-45)24(2)34(55-11)21-29(63-48)22-36-44(7,58-14)41(56-12)26(4)47(53,64-36)40(49)43(50)51/h23-42,49,52-53H,15-22H2,1-14H3,(H,50,51)/t23?,24-,25?,26-,27?,28?,29+,30?,31?,32?,33?,34-,35?,36-,37?,38?,39?,40?,41-,42?,44-,45+,46?,47-,48-/m1/s1. The molecule has 7 aliphatic rings. The molecule has 18 heteroatoms. The molecule has 0 amide bonds. The molecule has 18 nitrogen and oxygen atoms in total. The number of hydrogen-bond donors (Lipinski definition) is 4. The molecular formula is C48H82O18. The summed E-state index contributed by atoms with van der Waals surface area (Å²) in [4.78, 5) is 12.1. The van der Waals surface area contributed by atoms with E-state index >= 15 is 0 Å². The number of aliphatic hydroxyl groups excluding tert-OH is 1. The van der Waals surface area contributed by atoms with Gasteiger partial charge in [0.2, 0.25) is 11.9 Å². The van der Waals surface area contributed by atoms with Gasteiger partial charge in [-0.05, 0) is 59.8 Å². The predicted octanol–water partition coefficient (Wildman–Crippen LogP) is 3.94. The highest BCUT2D eigenvalue weighted by atomic mass is 16.7. The minimum absolute atomic E-state index is 0.0182. The zero-order chi connectivity index (χ0) is 48.5. The second kappa shape index (κ2) is 19.8. The highest BCUT2D eigenvalue weighted by Gasteiger charge is 2.70. The van der Waals surface area contributed by atoms with E-state index in [9.17, 15) is 25.2 Å². The van der Waals surface area contributed by atoms with Crippen LogP contribution < -0.4 is 0 Å². The molecule has 1 spiro atoms. The van der Waals surface area contributed by atoms with E-state index in [-0.39, 0.29) is 78.9 Å². The smallest absolute Gasteiger partial charge is 0.338 e. The van der Waals surface area contributed by atoms with Gasteiger partial charge in [0, 0.05) is 84.4 Å². The number of aliphatic hydroxyl groups is 3. The minimum atomic E-state index is -2.50. The first-order chi connectivity index (χ1) is 31.0. The Labute approximate surface area is 391 Å². The fourth-order valence-electron chi connectivity index (χ4n) is 13.3. The van der Waals surface area contributed by atoms with Gasteiger partial charge in [-0.3, -0.25) is 0 Å². The maximum absolute atomic E-state index is 12.1. The average Bonchev–Trinajstić information content (AvgIpc) is 4.02. The topological polar surface area (TPSA) is 218 Å². The number of aliphatic carboxylic acids is 1. The van der Waals surface area contributed by atoms with Crippen molar-refractivity contribution in [1.29, 1.82) is 0 Å². The van der Waals surface area contributed by atoms with Gasteiger partial charge in [0.25, 0.3) is 0 Å². The van der Waals surface area contributed by atoms with Crippen molar-refractivity contribution >= 4 is 5.97 Å². The molecule has 4 N–H and O–H groups in total. The molecule has 7 fully saturated rings. The first-order valence-corrected chi connectivity index (χ1v) is 24.4. The lowest BCUT2D eigenvalue weighted by Crippen LogP contribution is -2.72. The summed E-state index contributed by atoms with van der Waals surface area (Å²) in [6.45, 7) is 17.2. The lowest BCUT2D eigenvalue weighted by Gasteiger charge is -2.56. The van der Waals surface area contributed by atoms with Gasteiger partial charge in [-0.2, -0.15) is 0 Å². The van der Waals surface area contributed by atoms with Crippen molar-refractivity contribution in [2.45, 2.75) is 234 Å². The maximum atomic E-state index is 12.1. The van der Waals surface area contributed by atoms with E-state index in [1.807, 2.05) is 27.7 Å². The van der Waals surface area contributed by atoms with Crippen LogP contribution in [0.3, 0.4) is 0 Å². The summed E-state index contributed by atoms with van der Waals surface area (Å²) in [6.07, 6.45) is -2.92. The van der Waals surface area contributed by atoms with Gasteiger partial charge in [0.15, 0.2) is 17.9 Å². The van der Waals surface area contributed by atoms with E-state index in [2.05, 4.69) is 13.8 Å². The van der Waals surface area contributed by atoms with Crippen LogP contribution in [0.25, 0.3) is 0 Å². The lowest BCUT2D eigenvalue weighted by atomic mass is 9.73. The Balaban J connectivity index is 1.05. The third-order valence-corrected chi connectivity index (χ3v) is 17.6. The molecule has 7 heterocycles. The van der Waals surface area contributed by atoms with Gasteiger partial charge in [-0.15, -0.1) is 0 Å². The van der Waals surface area contributed by atoms with E-state index in [1.54, 1.807) is 42.1 Å². The molecule has 0 radical (unpaired) electrons. The van der Waals surface area contributed by atoms with Gasteiger partial charge >= 0.3 is 5.97 Å². The van der Waals surface area contributed by atoms with Crippen LogP contribution >= 0.6 is 0 Å². The Kier molecular flexibility index (Phi) is 15.8. The molecule has 0 aromatic heterocycles. The van der Waals surface area contributed by atoms with Gasteiger partial charge < -0.3 is 82.0 Å². The van der Waals surface area contributed by atoms with Crippen molar-refractivity contribution in [2.24, 2.45) is 29.6 Å². The largest absolute Gasteiger partial charge is 0.479 e. The van der Waals surface area contributed by atoms with Crippen molar-refractivity contribution in [3.63, 3.8) is 0 Å². The zero-order valence-electron chi connectivity index (χ0n) is 41.7. The summed E-state index contributed by atoms with van der Waals surface area (Å²) in [5.41, 5.74) is -2.16. The SMILES string of the molecule is COC1CCC(OC2C(C)C(C3CCC(C4CCC([C@]5(C)O[C@@]6(O[C@H](C[C@H]7O[C@@](O)(C(O)C(=O)O)[C@H](C)[C@@H](OC)[C@]7(C)OC)C[C@@H](OC)[C@H]6C)C(C)C5OC)O4)O3)OC(C)(O)C2C)OC1C. The maximum Gasteiger partial charge on any atom is 0.338 e. The number of methoxy groups -OCH3 is 5. The van der Waals surface area contributed by atoms with Crippen molar-refractivity contribution < 1.29 is 86.8 Å². The normalized spacial score (nSPS) is 53.9. The average molecular weight is 947 g/mol. The van der Waals surface area contributed by atoms with Crippen LogP contribution in [-0.4, -0.2) is 182 Å². The Morgan fingerprint density at radius 1 is 0.697 bits per heavy atom. The summed E-state index contributed by atoms with van der Waals surface area (Å²) in [5, 5.41) is 43.9. The first-order valence-electron chi connectivity index (χ1n) is 24.4. The van der Waals surface area contributed by atoms with Crippen molar-refractivity contribution in [2.75, 3.05) is 35.5 Å².